The molecule has 6 heteroatoms. The van der Waals surface area contributed by atoms with Crippen LogP contribution < -0.4 is 11.1 Å². The Labute approximate surface area is 91.9 Å². The van der Waals surface area contributed by atoms with Gasteiger partial charge in [0.1, 0.15) is 5.82 Å². The lowest BCUT2D eigenvalue weighted by atomic mass is 10.2. The van der Waals surface area contributed by atoms with Crippen molar-refractivity contribution in [1.29, 1.82) is 0 Å². The lowest BCUT2D eigenvalue weighted by Gasteiger charge is -2.06. The minimum Gasteiger partial charge on any atom is -0.365 e. The van der Waals surface area contributed by atoms with Crippen LogP contribution in [0.3, 0.4) is 0 Å². The fourth-order valence-corrected chi connectivity index (χ4v) is 1.31. The second-order valence-corrected chi connectivity index (χ2v) is 3.22. The minimum absolute atomic E-state index is 0.381. The predicted molar refractivity (Wildman–Crippen MR) is 58.7 cm³/mol. The summed E-state index contributed by atoms with van der Waals surface area (Å²) in [5.74, 6) is -0.0148. The summed E-state index contributed by atoms with van der Waals surface area (Å²) in [6, 6.07) is 3.30. The van der Waals surface area contributed by atoms with Gasteiger partial charge < -0.3 is 11.1 Å². The summed E-state index contributed by atoms with van der Waals surface area (Å²) in [5.41, 5.74) is 6.58. The molecule has 2 aromatic heterocycles. The number of pyridine rings is 1. The topological polar surface area (TPSA) is 96.7 Å². The number of amides is 1. The molecule has 0 spiro atoms. The number of hydrogen-bond acceptors (Lipinski definition) is 4. The predicted octanol–water partition coefficient (Wildman–Crippen LogP) is 0.516. The van der Waals surface area contributed by atoms with Gasteiger partial charge in [0.2, 0.25) is 0 Å². The van der Waals surface area contributed by atoms with Gasteiger partial charge in [-0.3, -0.25) is 9.89 Å². The van der Waals surface area contributed by atoms with E-state index < -0.39 is 5.91 Å². The number of carbonyl (C=O) groups is 1. The maximum absolute atomic E-state index is 11.1. The van der Waals surface area contributed by atoms with E-state index in [0.717, 1.165) is 5.56 Å². The first-order valence-electron chi connectivity index (χ1n) is 4.73. The Kier molecular flexibility index (Phi) is 2.81. The summed E-state index contributed by atoms with van der Waals surface area (Å²) in [6.07, 6.45) is 5.06. The van der Waals surface area contributed by atoms with Gasteiger partial charge in [0.15, 0.2) is 0 Å². The van der Waals surface area contributed by atoms with Crippen molar-refractivity contribution < 1.29 is 4.79 Å². The third-order valence-electron chi connectivity index (χ3n) is 2.09. The molecule has 0 saturated carbocycles. The van der Waals surface area contributed by atoms with Crippen LogP contribution in [0.5, 0.6) is 0 Å². The van der Waals surface area contributed by atoms with Crippen LogP contribution in [0.2, 0.25) is 0 Å². The number of aromatic amines is 1. The third kappa shape index (κ3) is 2.17. The molecule has 2 aromatic rings. The first-order chi connectivity index (χ1) is 7.77. The van der Waals surface area contributed by atoms with Crippen molar-refractivity contribution in [3.8, 4) is 0 Å². The van der Waals surface area contributed by atoms with E-state index in [0.29, 0.717) is 17.9 Å². The van der Waals surface area contributed by atoms with Gasteiger partial charge >= 0.3 is 0 Å². The van der Waals surface area contributed by atoms with E-state index in [1.807, 2.05) is 0 Å². The highest BCUT2D eigenvalue weighted by Gasteiger charge is 2.07. The zero-order valence-corrected chi connectivity index (χ0v) is 8.47. The van der Waals surface area contributed by atoms with Crippen molar-refractivity contribution in [2.45, 2.75) is 6.54 Å². The summed E-state index contributed by atoms with van der Waals surface area (Å²) in [7, 11) is 0. The number of H-pyrrole nitrogens is 1. The number of aromatic nitrogens is 3. The van der Waals surface area contributed by atoms with Gasteiger partial charge in [0, 0.05) is 24.5 Å². The molecule has 0 fully saturated rings. The van der Waals surface area contributed by atoms with Crippen LogP contribution in [0.25, 0.3) is 0 Å². The highest BCUT2D eigenvalue weighted by Crippen LogP contribution is 2.11. The van der Waals surface area contributed by atoms with Crippen LogP contribution in [0.1, 0.15) is 15.9 Å². The number of primary amides is 1. The molecule has 2 heterocycles. The molecule has 0 saturated heterocycles. The lowest BCUT2D eigenvalue weighted by molar-refractivity contribution is 0.100. The first kappa shape index (κ1) is 10.2. The molecule has 82 valence electrons. The highest BCUT2D eigenvalue weighted by atomic mass is 16.1. The summed E-state index contributed by atoms with van der Waals surface area (Å²) in [5, 5.41) is 9.54. The normalized spacial score (nSPS) is 10.0. The molecule has 0 bridgehead atoms. The van der Waals surface area contributed by atoms with E-state index in [9.17, 15) is 4.79 Å². The molecule has 1 amide bonds. The smallest absolute Gasteiger partial charge is 0.252 e. The first-order valence-corrected chi connectivity index (χ1v) is 4.73. The maximum atomic E-state index is 11.1. The molecule has 0 unspecified atom stereocenters. The van der Waals surface area contributed by atoms with E-state index in [2.05, 4.69) is 20.5 Å². The SMILES string of the molecule is NC(=O)c1cccnc1NCc1cn[nH]c1. The Bertz CT molecular complexity index is 480. The van der Waals surface area contributed by atoms with Gasteiger partial charge in [0.05, 0.1) is 11.8 Å². The molecule has 0 radical (unpaired) electrons. The van der Waals surface area contributed by atoms with Crippen molar-refractivity contribution in [2.24, 2.45) is 5.73 Å². The Hall–Kier alpha value is -2.37. The lowest BCUT2D eigenvalue weighted by Crippen LogP contribution is -2.15. The monoisotopic (exact) mass is 217 g/mol. The molecule has 0 atom stereocenters. The second kappa shape index (κ2) is 4.43. The third-order valence-corrected chi connectivity index (χ3v) is 2.09. The zero-order valence-electron chi connectivity index (χ0n) is 8.47. The number of carbonyl (C=O) groups excluding carboxylic acids is 1. The molecule has 0 aromatic carbocycles. The summed E-state index contributed by atoms with van der Waals surface area (Å²) < 4.78 is 0. The van der Waals surface area contributed by atoms with E-state index in [4.69, 9.17) is 5.73 Å². The van der Waals surface area contributed by atoms with Crippen molar-refractivity contribution in [1.82, 2.24) is 15.2 Å². The van der Waals surface area contributed by atoms with E-state index in [1.54, 1.807) is 30.7 Å². The van der Waals surface area contributed by atoms with Crippen LogP contribution in [0.4, 0.5) is 5.82 Å². The number of nitrogens with zero attached hydrogens (tertiary/aromatic N) is 2. The van der Waals surface area contributed by atoms with Gasteiger partial charge in [-0.15, -0.1) is 0 Å². The fraction of sp³-hybridized carbons (Fsp3) is 0.100. The standard InChI is InChI=1S/C10H11N5O/c11-9(16)8-2-1-3-12-10(8)13-4-7-5-14-15-6-7/h1-3,5-6H,4H2,(H2,11,16)(H,12,13)(H,14,15). The molecule has 0 aliphatic rings. The van der Waals surface area contributed by atoms with Crippen molar-refractivity contribution in [2.75, 3.05) is 5.32 Å². The molecule has 0 aliphatic heterocycles. The molecular formula is C10H11N5O. The van der Waals surface area contributed by atoms with Crippen LogP contribution in [-0.2, 0) is 6.54 Å². The number of anilines is 1. The maximum Gasteiger partial charge on any atom is 0.252 e. The van der Waals surface area contributed by atoms with Crippen molar-refractivity contribution in [3.05, 3.63) is 41.9 Å². The van der Waals surface area contributed by atoms with E-state index >= 15 is 0 Å². The van der Waals surface area contributed by atoms with Gasteiger partial charge in [0.25, 0.3) is 5.91 Å². The minimum atomic E-state index is -0.497. The Morgan fingerprint density at radius 2 is 2.44 bits per heavy atom. The van der Waals surface area contributed by atoms with Gasteiger partial charge in [-0.05, 0) is 12.1 Å². The Morgan fingerprint density at radius 3 is 3.12 bits per heavy atom. The molecule has 4 N–H and O–H groups in total. The van der Waals surface area contributed by atoms with E-state index in [-0.39, 0.29) is 0 Å². The summed E-state index contributed by atoms with van der Waals surface area (Å²) >= 11 is 0. The van der Waals surface area contributed by atoms with Gasteiger partial charge in [-0.2, -0.15) is 5.10 Å². The van der Waals surface area contributed by atoms with Crippen LogP contribution >= 0.6 is 0 Å². The number of rotatable bonds is 4. The summed E-state index contributed by atoms with van der Waals surface area (Å²) in [4.78, 5) is 15.2. The number of nitrogens with one attached hydrogen (secondary N) is 2. The average molecular weight is 217 g/mol. The fourth-order valence-electron chi connectivity index (χ4n) is 1.31. The Morgan fingerprint density at radius 1 is 1.56 bits per heavy atom. The quantitative estimate of drug-likeness (QED) is 0.695. The second-order valence-electron chi connectivity index (χ2n) is 3.22. The number of nitrogens with two attached hydrogens (primary N) is 1. The number of hydrogen-bond donors (Lipinski definition) is 3. The molecule has 2 rings (SSSR count). The largest absolute Gasteiger partial charge is 0.365 e. The van der Waals surface area contributed by atoms with Crippen molar-refractivity contribution in [3.63, 3.8) is 0 Å². The van der Waals surface area contributed by atoms with Gasteiger partial charge in [-0.25, -0.2) is 4.98 Å². The molecular weight excluding hydrogens is 206 g/mol. The van der Waals surface area contributed by atoms with Crippen LogP contribution in [0.15, 0.2) is 30.7 Å². The zero-order chi connectivity index (χ0) is 11.4. The molecule has 0 aliphatic carbocycles. The van der Waals surface area contributed by atoms with Crippen LogP contribution in [-0.4, -0.2) is 21.1 Å². The van der Waals surface area contributed by atoms with E-state index in [1.165, 1.54) is 0 Å². The van der Waals surface area contributed by atoms with Gasteiger partial charge in [-0.1, -0.05) is 0 Å². The summed E-state index contributed by atoms with van der Waals surface area (Å²) in [6.45, 7) is 0.536. The average Bonchev–Trinajstić information content (AvgIpc) is 2.79. The Balaban J connectivity index is 2.12. The van der Waals surface area contributed by atoms with Crippen LogP contribution in [0, 0.1) is 0 Å². The highest BCUT2D eigenvalue weighted by molar-refractivity contribution is 5.97. The molecule has 6 nitrogen and oxygen atoms in total. The molecule has 16 heavy (non-hydrogen) atoms. The van der Waals surface area contributed by atoms with Crippen molar-refractivity contribution >= 4 is 11.7 Å².